The summed E-state index contributed by atoms with van der Waals surface area (Å²) >= 11 is 0. The lowest BCUT2D eigenvalue weighted by Crippen LogP contribution is -2.28. The van der Waals surface area contributed by atoms with E-state index < -0.39 is 0 Å². The summed E-state index contributed by atoms with van der Waals surface area (Å²) < 4.78 is 5.39. The zero-order valence-corrected chi connectivity index (χ0v) is 11.8. The Labute approximate surface area is 119 Å². The summed E-state index contributed by atoms with van der Waals surface area (Å²) in [6, 6.07) is 3.76. The summed E-state index contributed by atoms with van der Waals surface area (Å²) in [5, 5.41) is 2.84. The Balaban J connectivity index is 1.89. The first-order valence-corrected chi connectivity index (χ1v) is 7.24. The highest BCUT2D eigenvalue weighted by atomic mass is 16.5. The molecule has 0 aliphatic carbocycles. The summed E-state index contributed by atoms with van der Waals surface area (Å²) in [4.78, 5) is 13.7. The maximum absolute atomic E-state index is 11.4. The van der Waals surface area contributed by atoms with Crippen molar-refractivity contribution in [2.45, 2.75) is 26.2 Å². The fourth-order valence-electron chi connectivity index (χ4n) is 2.91. The molecule has 5 heteroatoms. The van der Waals surface area contributed by atoms with Gasteiger partial charge in [-0.3, -0.25) is 4.79 Å². The van der Waals surface area contributed by atoms with E-state index in [0.29, 0.717) is 5.75 Å². The molecule has 2 heterocycles. The van der Waals surface area contributed by atoms with E-state index in [0.717, 1.165) is 36.1 Å². The quantitative estimate of drug-likeness (QED) is 0.771. The lowest BCUT2D eigenvalue weighted by Gasteiger charge is -2.27. The van der Waals surface area contributed by atoms with Crippen LogP contribution < -0.4 is 20.7 Å². The molecule has 3 rings (SSSR count). The van der Waals surface area contributed by atoms with Crippen LogP contribution in [0.4, 0.5) is 17.1 Å². The van der Waals surface area contributed by atoms with Gasteiger partial charge in [0.25, 0.3) is 5.91 Å². The van der Waals surface area contributed by atoms with Gasteiger partial charge in [-0.2, -0.15) is 0 Å². The van der Waals surface area contributed by atoms with Crippen LogP contribution in [0.25, 0.3) is 0 Å². The molecule has 0 spiro atoms. The van der Waals surface area contributed by atoms with Crippen molar-refractivity contribution in [2.24, 2.45) is 5.92 Å². The standard InChI is InChI=1S/C15H21N3O2/c1-10-3-2-5-18(6-4-10)13-8-12-14(7-11(13)16)20-9-15(19)17-12/h7-8,10H,2-6,9,16H2,1H3,(H,17,19). The van der Waals surface area contributed by atoms with Crippen LogP contribution in [0.15, 0.2) is 12.1 Å². The number of nitrogens with two attached hydrogens (primary N) is 1. The van der Waals surface area contributed by atoms with Crippen molar-refractivity contribution in [1.82, 2.24) is 0 Å². The lowest BCUT2D eigenvalue weighted by atomic mass is 10.0. The SMILES string of the molecule is CC1CCCN(c2cc3c(cc2N)OCC(=O)N3)CC1. The summed E-state index contributed by atoms with van der Waals surface area (Å²) in [6.45, 7) is 4.39. The molecule has 1 amide bonds. The molecule has 0 aromatic heterocycles. The minimum Gasteiger partial charge on any atom is -0.482 e. The molecule has 0 saturated carbocycles. The number of carbonyl (C=O) groups excluding carboxylic acids is 1. The Morgan fingerprint density at radius 1 is 1.35 bits per heavy atom. The summed E-state index contributed by atoms with van der Waals surface area (Å²) in [5.74, 6) is 1.31. The summed E-state index contributed by atoms with van der Waals surface area (Å²) in [7, 11) is 0. The first-order chi connectivity index (χ1) is 9.63. The first kappa shape index (κ1) is 13.1. The smallest absolute Gasteiger partial charge is 0.262 e. The summed E-state index contributed by atoms with van der Waals surface area (Å²) in [5.41, 5.74) is 8.61. The van der Waals surface area contributed by atoms with Crippen LogP contribution in [0.2, 0.25) is 0 Å². The molecule has 2 aliphatic heterocycles. The van der Waals surface area contributed by atoms with E-state index in [1.54, 1.807) is 0 Å². The normalized spacial score (nSPS) is 22.6. The number of carbonyl (C=O) groups is 1. The number of fused-ring (bicyclic) bond motifs is 1. The topological polar surface area (TPSA) is 67.6 Å². The largest absolute Gasteiger partial charge is 0.482 e. The Morgan fingerprint density at radius 2 is 2.20 bits per heavy atom. The van der Waals surface area contributed by atoms with Crippen LogP contribution in [0.5, 0.6) is 5.75 Å². The van der Waals surface area contributed by atoms with Gasteiger partial charge in [-0.1, -0.05) is 6.92 Å². The third-order valence-electron chi connectivity index (χ3n) is 4.12. The third-order valence-corrected chi connectivity index (χ3v) is 4.12. The van der Waals surface area contributed by atoms with E-state index >= 15 is 0 Å². The number of benzene rings is 1. The highest BCUT2D eigenvalue weighted by Gasteiger charge is 2.21. The molecular formula is C15H21N3O2. The molecule has 5 nitrogen and oxygen atoms in total. The van der Waals surface area contributed by atoms with Crippen molar-refractivity contribution in [2.75, 3.05) is 35.6 Å². The molecule has 0 radical (unpaired) electrons. The molecule has 1 fully saturated rings. The van der Waals surface area contributed by atoms with Crippen LogP contribution in [-0.4, -0.2) is 25.6 Å². The molecule has 1 atom stereocenters. The van der Waals surface area contributed by atoms with Gasteiger partial charge in [0.1, 0.15) is 5.75 Å². The number of nitrogens with one attached hydrogen (secondary N) is 1. The highest BCUT2D eigenvalue weighted by molar-refractivity contribution is 5.97. The number of hydrogen-bond acceptors (Lipinski definition) is 4. The highest BCUT2D eigenvalue weighted by Crippen LogP contribution is 2.37. The van der Waals surface area contributed by atoms with Crippen molar-refractivity contribution in [1.29, 1.82) is 0 Å². The fourth-order valence-corrected chi connectivity index (χ4v) is 2.91. The van der Waals surface area contributed by atoms with E-state index in [-0.39, 0.29) is 12.5 Å². The predicted octanol–water partition coefficient (Wildman–Crippen LogP) is 2.23. The lowest BCUT2D eigenvalue weighted by molar-refractivity contribution is -0.118. The van der Waals surface area contributed by atoms with Crippen molar-refractivity contribution in [3.63, 3.8) is 0 Å². The summed E-state index contributed by atoms with van der Waals surface area (Å²) in [6.07, 6.45) is 3.63. The molecular weight excluding hydrogens is 254 g/mol. The Morgan fingerprint density at radius 3 is 3.05 bits per heavy atom. The van der Waals surface area contributed by atoms with Crippen LogP contribution in [0.1, 0.15) is 26.2 Å². The van der Waals surface area contributed by atoms with Crippen LogP contribution in [0.3, 0.4) is 0 Å². The van der Waals surface area contributed by atoms with Crippen molar-refractivity contribution in [3.8, 4) is 5.75 Å². The zero-order valence-electron chi connectivity index (χ0n) is 11.8. The van der Waals surface area contributed by atoms with Gasteiger partial charge in [-0.05, 0) is 31.2 Å². The molecule has 1 unspecified atom stereocenters. The zero-order chi connectivity index (χ0) is 14.1. The van der Waals surface area contributed by atoms with E-state index in [2.05, 4.69) is 17.1 Å². The fraction of sp³-hybridized carbons (Fsp3) is 0.533. The molecule has 0 bridgehead atoms. The molecule has 1 aromatic carbocycles. The van der Waals surface area contributed by atoms with Crippen molar-refractivity contribution >= 4 is 23.0 Å². The van der Waals surface area contributed by atoms with Gasteiger partial charge in [-0.15, -0.1) is 0 Å². The minimum atomic E-state index is -0.113. The number of nitrogen functional groups attached to an aromatic ring is 1. The van der Waals surface area contributed by atoms with Crippen LogP contribution in [-0.2, 0) is 4.79 Å². The van der Waals surface area contributed by atoms with E-state index in [1.807, 2.05) is 12.1 Å². The van der Waals surface area contributed by atoms with E-state index in [4.69, 9.17) is 10.5 Å². The van der Waals surface area contributed by atoms with Gasteiger partial charge >= 0.3 is 0 Å². The number of anilines is 3. The van der Waals surface area contributed by atoms with Gasteiger partial charge in [-0.25, -0.2) is 0 Å². The molecule has 3 N–H and O–H groups in total. The number of rotatable bonds is 1. The first-order valence-electron chi connectivity index (χ1n) is 7.24. The monoisotopic (exact) mass is 275 g/mol. The minimum absolute atomic E-state index is 0.0625. The van der Waals surface area contributed by atoms with Crippen molar-refractivity contribution < 1.29 is 9.53 Å². The average molecular weight is 275 g/mol. The Bertz CT molecular complexity index is 530. The van der Waals surface area contributed by atoms with Gasteiger partial charge in [0.05, 0.1) is 17.1 Å². The molecule has 2 aliphatic rings. The Kier molecular flexibility index (Phi) is 3.42. The second kappa shape index (κ2) is 5.23. The second-order valence-electron chi connectivity index (χ2n) is 5.77. The molecule has 1 aromatic rings. The number of amides is 1. The van der Waals surface area contributed by atoms with Crippen LogP contribution in [0, 0.1) is 5.92 Å². The van der Waals surface area contributed by atoms with Gasteiger partial charge in [0.2, 0.25) is 0 Å². The molecule has 108 valence electrons. The average Bonchev–Trinajstić information content (AvgIpc) is 2.63. The molecule has 20 heavy (non-hydrogen) atoms. The number of nitrogens with zero attached hydrogens (tertiary/aromatic N) is 1. The van der Waals surface area contributed by atoms with Gasteiger partial charge in [0, 0.05) is 19.2 Å². The molecule has 1 saturated heterocycles. The van der Waals surface area contributed by atoms with Crippen LogP contribution >= 0.6 is 0 Å². The number of ether oxygens (including phenoxy) is 1. The van der Waals surface area contributed by atoms with Gasteiger partial charge < -0.3 is 20.7 Å². The van der Waals surface area contributed by atoms with Crippen molar-refractivity contribution in [3.05, 3.63) is 12.1 Å². The maximum atomic E-state index is 11.4. The maximum Gasteiger partial charge on any atom is 0.262 e. The third kappa shape index (κ3) is 2.53. The predicted molar refractivity (Wildman–Crippen MR) is 80.2 cm³/mol. The Hall–Kier alpha value is -1.91. The number of hydrogen-bond donors (Lipinski definition) is 2. The van der Waals surface area contributed by atoms with E-state index in [1.165, 1.54) is 19.3 Å². The van der Waals surface area contributed by atoms with Gasteiger partial charge in [0.15, 0.2) is 6.61 Å². The van der Waals surface area contributed by atoms with E-state index in [9.17, 15) is 4.79 Å². The second-order valence-corrected chi connectivity index (χ2v) is 5.77.